The summed E-state index contributed by atoms with van der Waals surface area (Å²) in [7, 11) is 0. The number of carbonyl (C=O) groups is 1. The van der Waals surface area contributed by atoms with Gasteiger partial charge >= 0.3 is 0 Å². The van der Waals surface area contributed by atoms with Crippen molar-refractivity contribution in [3.8, 4) is 0 Å². The van der Waals surface area contributed by atoms with Crippen LogP contribution in [0.1, 0.15) is 28.9 Å². The van der Waals surface area contributed by atoms with Crippen molar-refractivity contribution < 1.29 is 4.79 Å². The van der Waals surface area contributed by atoms with Gasteiger partial charge in [0.2, 0.25) is 0 Å². The van der Waals surface area contributed by atoms with Gasteiger partial charge in [-0.15, -0.1) is 0 Å². The first kappa shape index (κ1) is 14.9. The standard InChI is InChI=1S/C15H14BrClN2O/c1-9(10-4-2-5-11(18)8-10)19-15(20)12-6-3-7-13(16)14(12)17/h2-9H,18H2,1H3,(H,19,20). The minimum absolute atomic E-state index is 0.152. The Hall–Kier alpha value is -1.52. The molecule has 0 radical (unpaired) electrons. The minimum Gasteiger partial charge on any atom is -0.399 e. The van der Waals surface area contributed by atoms with Crippen molar-refractivity contribution in [1.29, 1.82) is 0 Å². The highest BCUT2D eigenvalue weighted by Gasteiger charge is 2.15. The number of nitrogens with two attached hydrogens (primary N) is 1. The van der Waals surface area contributed by atoms with Gasteiger partial charge in [-0.1, -0.05) is 29.8 Å². The van der Waals surface area contributed by atoms with Gasteiger partial charge in [0, 0.05) is 10.2 Å². The highest BCUT2D eigenvalue weighted by Crippen LogP contribution is 2.26. The SMILES string of the molecule is CC(NC(=O)c1cccc(Br)c1Cl)c1cccc(N)c1. The molecule has 3 nitrogen and oxygen atoms in total. The van der Waals surface area contributed by atoms with Crippen molar-refractivity contribution in [2.24, 2.45) is 0 Å². The molecule has 1 amide bonds. The van der Waals surface area contributed by atoms with Crippen molar-refractivity contribution in [3.63, 3.8) is 0 Å². The van der Waals surface area contributed by atoms with Crippen LogP contribution in [0.15, 0.2) is 46.9 Å². The van der Waals surface area contributed by atoms with Crippen molar-refractivity contribution in [2.45, 2.75) is 13.0 Å². The van der Waals surface area contributed by atoms with Crippen LogP contribution in [-0.2, 0) is 0 Å². The van der Waals surface area contributed by atoms with Crippen LogP contribution in [0.25, 0.3) is 0 Å². The van der Waals surface area contributed by atoms with E-state index in [1.807, 2.05) is 31.2 Å². The van der Waals surface area contributed by atoms with Gasteiger partial charge in [0.05, 0.1) is 16.6 Å². The van der Waals surface area contributed by atoms with Crippen LogP contribution in [0, 0.1) is 0 Å². The molecule has 0 saturated heterocycles. The van der Waals surface area contributed by atoms with Crippen molar-refractivity contribution >= 4 is 39.1 Å². The van der Waals surface area contributed by atoms with E-state index in [0.717, 1.165) is 5.56 Å². The van der Waals surface area contributed by atoms with Crippen molar-refractivity contribution in [2.75, 3.05) is 5.73 Å². The number of hydrogen-bond acceptors (Lipinski definition) is 2. The Morgan fingerprint density at radius 3 is 2.70 bits per heavy atom. The zero-order valence-corrected chi connectivity index (χ0v) is 13.2. The van der Waals surface area contributed by atoms with E-state index in [0.29, 0.717) is 20.7 Å². The quantitative estimate of drug-likeness (QED) is 0.813. The largest absolute Gasteiger partial charge is 0.399 e. The Morgan fingerprint density at radius 1 is 1.30 bits per heavy atom. The number of nitrogens with one attached hydrogen (secondary N) is 1. The molecule has 2 aromatic carbocycles. The van der Waals surface area contributed by atoms with Gasteiger partial charge in [0.15, 0.2) is 0 Å². The predicted octanol–water partition coefficient (Wildman–Crippen LogP) is 4.18. The van der Waals surface area contributed by atoms with E-state index in [1.165, 1.54) is 0 Å². The van der Waals surface area contributed by atoms with E-state index in [4.69, 9.17) is 17.3 Å². The molecule has 0 fully saturated rings. The number of carbonyl (C=O) groups excluding carboxylic acids is 1. The molecule has 3 N–H and O–H groups in total. The molecule has 0 bridgehead atoms. The molecule has 20 heavy (non-hydrogen) atoms. The van der Waals surface area contributed by atoms with Crippen molar-refractivity contribution in [3.05, 3.63) is 63.1 Å². The number of amides is 1. The maximum absolute atomic E-state index is 12.2. The second-order valence-corrected chi connectivity index (χ2v) is 5.70. The first-order valence-electron chi connectivity index (χ1n) is 6.09. The molecule has 0 aromatic heterocycles. The molecule has 0 saturated carbocycles. The summed E-state index contributed by atoms with van der Waals surface area (Å²) in [6.45, 7) is 1.90. The Kier molecular flexibility index (Phi) is 4.68. The second kappa shape index (κ2) is 6.29. The van der Waals surface area contributed by atoms with Crippen LogP contribution in [0.4, 0.5) is 5.69 Å². The number of anilines is 1. The molecule has 2 aromatic rings. The predicted molar refractivity (Wildman–Crippen MR) is 85.9 cm³/mol. The van der Waals surface area contributed by atoms with Gasteiger partial charge in [0.1, 0.15) is 0 Å². The Morgan fingerprint density at radius 2 is 2.00 bits per heavy atom. The summed E-state index contributed by atoms with van der Waals surface area (Å²) in [5.41, 5.74) is 7.80. The van der Waals surface area contributed by atoms with Gasteiger partial charge in [-0.05, 0) is 52.7 Å². The highest BCUT2D eigenvalue weighted by molar-refractivity contribution is 9.10. The van der Waals surface area contributed by atoms with E-state index < -0.39 is 0 Å². The van der Waals surface area contributed by atoms with Crippen LogP contribution >= 0.6 is 27.5 Å². The zero-order valence-electron chi connectivity index (χ0n) is 10.9. The van der Waals surface area contributed by atoms with E-state index >= 15 is 0 Å². The first-order valence-corrected chi connectivity index (χ1v) is 7.26. The summed E-state index contributed by atoms with van der Waals surface area (Å²) in [6.07, 6.45) is 0. The maximum Gasteiger partial charge on any atom is 0.253 e. The molecule has 0 aliphatic carbocycles. The molecule has 0 aliphatic heterocycles. The maximum atomic E-state index is 12.2. The summed E-state index contributed by atoms with van der Waals surface area (Å²) >= 11 is 9.42. The fraction of sp³-hybridized carbons (Fsp3) is 0.133. The zero-order chi connectivity index (χ0) is 14.7. The van der Waals surface area contributed by atoms with Crippen LogP contribution in [-0.4, -0.2) is 5.91 Å². The third-order valence-electron chi connectivity index (χ3n) is 2.95. The van der Waals surface area contributed by atoms with Gasteiger partial charge < -0.3 is 11.1 Å². The van der Waals surface area contributed by atoms with Gasteiger partial charge in [-0.25, -0.2) is 0 Å². The highest BCUT2D eigenvalue weighted by atomic mass is 79.9. The second-order valence-electron chi connectivity index (χ2n) is 4.47. The van der Waals surface area contributed by atoms with Crippen LogP contribution in [0.3, 0.4) is 0 Å². The van der Waals surface area contributed by atoms with Crippen LogP contribution in [0.2, 0.25) is 5.02 Å². The molecule has 0 aliphatic rings. The molecule has 2 rings (SSSR count). The van der Waals surface area contributed by atoms with E-state index in [2.05, 4.69) is 21.2 Å². The van der Waals surface area contributed by atoms with Crippen molar-refractivity contribution in [1.82, 2.24) is 5.32 Å². The first-order chi connectivity index (χ1) is 9.49. The Bertz CT molecular complexity index is 646. The van der Waals surface area contributed by atoms with E-state index in [-0.39, 0.29) is 11.9 Å². The monoisotopic (exact) mass is 352 g/mol. The topological polar surface area (TPSA) is 55.1 Å². The normalized spacial score (nSPS) is 11.9. The molecular formula is C15H14BrClN2O. The van der Waals surface area contributed by atoms with Gasteiger partial charge in [0.25, 0.3) is 5.91 Å². The van der Waals surface area contributed by atoms with Gasteiger partial charge in [-0.2, -0.15) is 0 Å². The van der Waals surface area contributed by atoms with Gasteiger partial charge in [-0.3, -0.25) is 4.79 Å². The van der Waals surface area contributed by atoms with Crippen LogP contribution in [0.5, 0.6) is 0 Å². The lowest BCUT2D eigenvalue weighted by Crippen LogP contribution is -2.27. The summed E-state index contributed by atoms with van der Waals surface area (Å²) in [6, 6.07) is 12.5. The Labute approximate surface area is 131 Å². The van der Waals surface area contributed by atoms with E-state index in [9.17, 15) is 4.79 Å². The molecule has 0 heterocycles. The molecular weight excluding hydrogens is 340 g/mol. The fourth-order valence-corrected chi connectivity index (χ4v) is 2.44. The minimum atomic E-state index is -0.216. The molecule has 1 atom stereocenters. The van der Waals surface area contributed by atoms with E-state index in [1.54, 1.807) is 18.2 Å². The molecule has 1 unspecified atom stereocenters. The summed E-state index contributed by atoms with van der Waals surface area (Å²) in [5, 5.41) is 3.32. The molecule has 5 heteroatoms. The smallest absolute Gasteiger partial charge is 0.253 e. The fourth-order valence-electron chi connectivity index (χ4n) is 1.87. The third kappa shape index (κ3) is 3.32. The average Bonchev–Trinajstić information content (AvgIpc) is 2.41. The summed E-state index contributed by atoms with van der Waals surface area (Å²) < 4.78 is 0.698. The number of hydrogen-bond donors (Lipinski definition) is 2. The number of benzene rings is 2. The lowest BCUT2D eigenvalue weighted by atomic mass is 10.1. The number of rotatable bonds is 3. The number of nitrogen functional groups attached to an aromatic ring is 1. The number of halogens is 2. The van der Waals surface area contributed by atoms with Crippen LogP contribution < -0.4 is 11.1 Å². The average molecular weight is 354 g/mol. The third-order valence-corrected chi connectivity index (χ3v) is 4.25. The Balaban J connectivity index is 2.17. The molecule has 104 valence electrons. The lowest BCUT2D eigenvalue weighted by molar-refractivity contribution is 0.0940. The lowest BCUT2D eigenvalue weighted by Gasteiger charge is -2.15. The summed E-state index contributed by atoms with van der Waals surface area (Å²) in [4.78, 5) is 12.2. The summed E-state index contributed by atoms with van der Waals surface area (Å²) in [5.74, 6) is -0.216. The molecule has 0 spiro atoms.